The highest BCUT2D eigenvalue weighted by molar-refractivity contribution is 14.0. The van der Waals surface area contributed by atoms with Gasteiger partial charge in [-0.3, -0.25) is 0 Å². The summed E-state index contributed by atoms with van der Waals surface area (Å²) in [5.41, 5.74) is 6.96. The highest BCUT2D eigenvalue weighted by atomic mass is 127. The lowest BCUT2D eigenvalue weighted by Gasteiger charge is -2.10. The van der Waals surface area contributed by atoms with Gasteiger partial charge >= 0.3 is 0 Å². The summed E-state index contributed by atoms with van der Waals surface area (Å²) in [7, 11) is 4.03. The Morgan fingerprint density at radius 3 is 2.69 bits per heavy atom. The molecule has 0 aromatic carbocycles. The van der Waals surface area contributed by atoms with Gasteiger partial charge in [0.1, 0.15) is 6.61 Å². The number of aliphatic imine (C=N–C) groups is 1. The summed E-state index contributed by atoms with van der Waals surface area (Å²) in [6.45, 7) is 5.13. The highest BCUT2D eigenvalue weighted by Gasteiger charge is 2.00. The van der Waals surface area contributed by atoms with Gasteiger partial charge in [0.2, 0.25) is 5.88 Å². The van der Waals surface area contributed by atoms with Gasteiger partial charge in [-0.25, -0.2) is 9.98 Å². The number of aromatic nitrogens is 1. The van der Waals surface area contributed by atoms with E-state index in [9.17, 15) is 0 Å². The highest BCUT2D eigenvalue weighted by Crippen LogP contribution is 2.10. The van der Waals surface area contributed by atoms with Gasteiger partial charge in [-0.05, 0) is 32.1 Å². The monoisotopic (exact) mass is 477 g/mol. The Bertz CT molecular complexity index is 497. The lowest BCUT2D eigenvalue weighted by Crippen LogP contribution is -2.32. The zero-order chi connectivity index (χ0) is 18.3. The molecule has 0 fully saturated rings. The van der Waals surface area contributed by atoms with Crippen molar-refractivity contribution in [2.75, 3.05) is 33.8 Å². The Labute approximate surface area is 176 Å². The maximum Gasteiger partial charge on any atom is 0.213 e. The van der Waals surface area contributed by atoms with Gasteiger partial charge in [-0.1, -0.05) is 39.0 Å². The number of unbranched alkanes of at least 4 members (excludes halogenated alkanes) is 5. The fourth-order valence-corrected chi connectivity index (χ4v) is 2.31. The molecule has 0 saturated carbocycles. The van der Waals surface area contributed by atoms with Crippen LogP contribution in [-0.4, -0.2) is 49.6 Å². The summed E-state index contributed by atoms with van der Waals surface area (Å²) < 4.78 is 5.64. The number of rotatable bonds is 13. The number of hydrogen-bond donors (Lipinski definition) is 2. The minimum Gasteiger partial charge on any atom is -0.476 e. The fraction of sp³-hybridized carbons (Fsp3) is 0.684. The van der Waals surface area contributed by atoms with Gasteiger partial charge in [0.25, 0.3) is 0 Å². The number of halogens is 1. The Morgan fingerprint density at radius 1 is 1.23 bits per heavy atom. The topological polar surface area (TPSA) is 75.8 Å². The second kappa shape index (κ2) is 16.1. The van der Waals surface area contributed by atoms with Crippen LogP contribution in [0.3, 0.4) is 0 Å². The Balaban J connectivity index is 0.00000625. The molecular weight excluding hydrogens is 441 g/mol. The molecule has 0 aliphatic rings. The van der Waals surface area contributed by atoms with Crippen LogP contribution in [0.4, 0.5) is 0 Å². The predicted octanol–water partition coefficient (Wildman–Crippen LogP) is 3.40. The van der Waals surface area contributed by atoms with Gasteiger partial charge in [0.15, 0.2) is 5.96 Å². The molecule has 1 aromatic rings. The van der Waals surface area contributed by atoms with Gasteiger partial charge in [-0.15, -0.1) is 24.0 Å². The fourth-order valence-electron chi connectivity index (χ4n) is 2.31. The van der Waals surface area contributed by atoms with Crippen LogP contribution in [0.2, 0.25) is 0 Å². The van der Waals surface area contributed by atoms with Crippen LogP contribution in [-0.2, 0) is 6.54 Å². The van der Waals surface area contributed by atoms with Crippen LogP contribution >= 0.6 is 24.0 Å². The van der Waals surface area contributed by atoms with E-state index in [2.05, 4.69) is 27.1 Å². The first-order chi connectivity index (χ1) is 12.1. The van der Waals surface area contributed by atoms with Crippen LogP contribution < -0.4 is 15.8 Å². The Morgan fingerprint density at radius 2 is 1.96 bits per heavy atom. The minimum absolute atomic E-state index is 0. The molecule has 1 aromatic heterocycles. The summed E-state index contributed by atoms with van der Waals surface area (Å²) in [5, 5.41) is 3.18. The number of nitrogens with two attached hydrogens (primary N) is 1. The third-order valence-corrected chi connectivity index (χ3v) is 3.86. The van der Waals surface area contributed by atoms with E-state index in [0.717, 1.165) is 25.1 Å². The van der Waals surface area contributed by atoms with E-state index in [0.29, 0.717) is 25.0 Å². The maximum absolute atomic E-state index is 5.92. The van der Waals surface area contributed by atoms with Crippen LogP contribution in [0, 0.1) is 0 Å². The van der Waals surface area contributed by atoms with E-state index in [4.69, 9.17) is 10.5 Å². The molecule has 1 rings (SSSR count). The first-order valence-electron chi connectivity index (χ1n) is 9.38. The molecule has 0 spiro atoms. The maximum atomic E-state index is 5.92. The largest absolute Gasteiger partial charge is 0.476 e. The summed E-state index contributed by atoms with van der Waals surface area (Å²) in [4.78, 5) is 10.7. The molecule has 26 heavy (non-hydrogen) atoms. The van der Waals surface area contributed by atoms with E-state index in [1.165, 1.54) is 32.1 Å². The zero-order valence-electron chi connectivity index (χ0n) is 16.5. The van der Waals surface area contributed by atoms with Gasteiger partial charge in [0, 0.05) is 25.4 Å². The molecule has 0 aliphatic heterocycles. The molecule has 6 nitrogen and oxygen atoms in total. The average molecular weight is 477 g/mol. The van der Waals surface area contributed by atoms with Crippen molar-refractivity contribution in [1.29, 1.82) is 0 Å². The van der Waals surface area contributed by atoms with Gasteiger partial charge in [-0.2, -0.15) is 0 Å². The number of guanidine groups is 1. The minimum atomic E-state index is 0. The smallest absolute Gasteiger partial charge is 0.213 e. The first kappa shape index (κ1) is 24.9. The van der Waals surface area contributed by atoms with E-state index < -0.39 is 0 Å². The predicted molar refractivity (Wildman–Crippen MR) is 120 cm³/mol. The molecule has 0 atom stereocenters. The average Bonchev–Trinajstić information content (AvgIpc) is 2.59. The van der Waals surface area contributed by atoms with E-state index in [-0.39, 0.29) is 24.0 Å². The van der Waals surface area contributed by atoms with Crippen molar-refractivity contribution in [1.82, 2.24) is 15.2 Å². The quantitative estimate of drug-likeness (QED) is 0.197. The second-order valence-corrected chi connectivity index (χ2v) is 6.55. The standard InChI is InChI=1S/C19H35N5O.HI/c1-4-5-6-7-8-9-11-22-19(20)23-16-17-10-12-21-18(15-17)25-14-13-24(2)3;/h10,12,15H,4-9,11,13-14,16H2,1-3H3,(H3,20,22,23);1H. The molecule has 7 heteroatoms. The lowest BCUT2D eigenvalue weighted by atomic mass is 10.1. The van der Waals surface area contributed by atoms with Crippen molar-refractivity contribution < 1.29 is 4.74 Å². The number of hydrogen-bond acceptors (Lipinski definition) is 4. The van der Waals surface area contributed by atoms with Crippen LogP contribution in [0.15, 0.2) is 23.3 Å². The summed E-state index contributed by atoms with van der Waals surface area (Å²) >= 11 is 0. The summed E-state index contributed by atoms with van der Waals surface area (Å²) in [6.07, 6.45) is 9.40. The molecule has 0 unspecified atom stereocenters. The molecule has 0 aliphatic carbocycles. The van der Waals surface area contributed by atoms with Crippen LogP contribution in [0.5, 0.6) is 5.88 Å². The number of nitrogens with zero attached hydrogens (tertiary/aromatic N) is 3. The second-order valence-electron chi connectivity index (χ2n) is 6.55. The van der Waals surface area contributed by atoms with E-state index in [1.54, 1.807) is 6.20 Å². The summed E-state index contributed by atoms with van der Waals surface area (Å²) in [5.74, 6) is 1.13. The molecule has 150 valence electrons. The van der Waals surface area contributed by atoms with Crippen molar-refractivity contribution in [3.63, 3.8) is 0 Å². The van der Waals surface area contributed by atoms with Crippen LogP contribution in [0.1, 0.15) is 51.0 Å². The van der Waals surface area contributed by atoms with Gasteiger partial charge in [0.05, 0.1) is 6.54 Å². The summed E-state index contributed by atoms with van der Waals surface area (Å²) in [6, 6.07) is 3.85. The van der Waals surface area contributed by atoms with Gasteiger partial charge < -0.3 is 20.7 Å². The molecule has 1 heterocycles. The Hall–Kier alpha value is -1.09. The number of ether oxygens (including phenoxy) is 1. The third kappa shape index (κ3) is 13.2. The molecule has 0 amide bonds. The van der Waals surface area contributed by atoms with E-state index in [1.807, 2.05) is 26.2 Å². The normalized spacial score (nSPS) is 11.3. The van der Waals surface area contributed by atoms with E-state index >= 15 is 0 Å². The lowest BCUT2D eigenvalue weighted by molar-refractivity contribution is 0.253. The number of likely N-dealkylation sites (N-methyl/N-ethyl adjacent to an activating group) is 1. The Kier molecular flexibility index (Phi) is 15.4. The number of pyridine rings is 1. The van der Waals surface area contributed by atoms with Crippen molar-refractivity contribution in [3.8, 4) is 5.88 Å². The van der Waals surface area contributed by atoms with Crippen molar-refractivity contribution >= 4 is 29.9 Å². The molecular formula is C19H36IN5O. The van der Waals surface area contributed by atoms with Crippen molar-refractivity contribution in [3.05, 3.63) is 23.9 Å². The zero-order valence-corrected chi connectivity index (χ0v) is 18.9. The number of nitrogens with one attached hydrogen (secondary N) is 1. The van der Waals surface area contributed by atoms with Crippen molar-refractivity contribution in [2.45, 2.75) is 52.0 Å². The van der Waals surface area contributed by atoms with Crippen molar-refractivity contribution in [2.24, 2.45) is 10.7 Å². The first-order valence-corrected chi connectivity index (χ1v) is 9.38. The van der Waals surface area contributed by atoms with Crippen LogP contribution in [0.25, 0.3) is 0 Å². The third-order valence-electron chi connectivity index (χ3n) is 3.86. The molecule has 0 saturated heterocycles. The molecule has 0 bridgehead atoms. The molecule has 3 N–H and O–H groups in total. The molecule has 0 radical (unpaired) electrons. The SMILES string of the molecule is CCCCCCCCNC(N)=NCc1ccnc(OCCN(C)C)c1.I.